The summed E-state index contributed by atoms with van der Waals surface area (Å²) in [5.41, 5.74) is 0. The highest BCUT2D eigenvalue weighted by Gasteiger charge is 2.36. The Hall–Kier alpha value is -0.0831. The molecule has 0 aromatic carbocycles. The first-order valence-corrected chi connectivity index (χ1v) is 8.95. The van der Waals surface area contributed by atoms with Crippen LogP contribution < -0.4 is 0 Å². The van der Waals surface area contributed by atoms with Gasteiger partial charge in [-0.1, -0.05) is 6.92 Å². The molecule has 18 heavy (non-hydrogen) atoms. The number of methoxy groups -OCH3 is 1. The van der Waals surface area contributed by atoms with Crippen molar-refractivity contribution in [3.63, 3.8) is 0 Å². The molecule has 0 N–H and O–H groups in total. The van der Waals surface area contributed by atoms with Crippen molar-refractivity contribution in [3.8, 4) is 0 Å². The van der Waals surface area contributed by atoms with E-state index in [4.69, 9.17) is 13.3 Å². The quantitative estimate of drug-likeness (QED) is 0.348. The fourth-order valence-corrected chi connectivity index (χ4v) is 4.46. The lowest BCUT2D eigenvalue weighted by atomic mass is 10.2. The first kappa shape index (κ1) is 17.9. The SMILES string of the molecule is COC(=O)C(C)CSCCC[Si](OC)(OC)OC. The van der Waals surface area contributed by atoms with Crippen LogP contribution in [-0.4, -0.2) is 54.7 Å². The van der Waals surface area contributed by atoms with E-state index in [-0.39, 0.29) is 11.9 Å². The molecule has 0 spiro atoms. The van der Waals surface area contributed by atoms with Crippen molar-refractivity contribution in [2.24, 2.45) is 5.92 Å². The third-order valence-corrected chi connectivity index (χ3v) is 6.82. The maximum Gasteiger partial charge on any atom is 0.500 e. The lowest BCUT2D eigenvalue weighted by molar-refractivity contribution is -0.143. The van der Waals surface area contributed by atoms with Crippen molar-refractivity contribution in [2.45, 2.75) is 19.4 Å². The van der Waals surface area contributed by atoms with E-state index in [1.807, 2.05) is 6.92 Å². The van der Waals surface area contributed by atoms with Gasteiger partial charge in [0.2, 0.25) is 0 Å². The highest BCUT2D eigenvalue weighted by Crippen LogP contribution is 2.18. The first-order valence-electron chi connectivity index (χ1n) is 5.86. The fraction of sp³-hybridized carbons (Fsp3) is 0.909. The summed E-state index contributed by atoms with van der Waals surface area (Å²) in [4.78, 5) is 11.2. The minimum atomic E-state index is -2.43. The topological polar surface area (TPSA) is 54.0 Å². The van der Waals surface area contributed by atoms with Crippen molar-refractivity contribution in [3.05, 3.63) is 0 Å². The molecule has 108 valence electrons. The van der Waals surface area contributed by atoms with Crippen LogP contribution >= 0.6 is 11.8 Å². The third kappa shape index (κ3) is 6.19. The monoisotopic (exact) mass is 296 g/mol. The summed E-state index contributed by atoms with van der Waals surface area (Å²) in [6.45, 7) is 1.87. The van der Waals surface area contributed by atoms with Gasteiger partial charge in [-0.15, -0.1) is 0 Å². The first-order chi connectivity index (χ1) is 8.55. The summed E-state index contributed by atoms with van der Waals surface area (Å²) in [7, 11) is 3.84. The van der Waals surface area contributed by atoms with Gasteiger partial charge >= 0.3 is 14.8 Å². The Morgan fingerprint density at radius 2 is 1.72 bits per heavy atom. The molecule has 0 radical (unpaired) electrons. The standard InChI is InChI=1S/C11H24O5SSi/c1-10(11(12)13-2)9-17-7-6-8-18(14-3,15-4)16-5/h10H,6-9H2,1-5H3. The van der Waals surface area contributed by atoms with E-state index in [9.17, 15) is 4.79 Å². The van der Waals surface area contributed by atoms with Gasteiger partial charge in [-0.3, -0.25) is 4.79 Å². The van der Waals surface area contributed by atoms with Crippen molar-refractivity contribution >= 4 is 26.5 Å². The van der Waals surface area contributed by atoms with Crippen LogP contribution in [0.3, 0.4) is 0 Å². The van der Waals surface area contributed by atoms with Crippen LogP contribution in [0.5, 0.6) is 0 Å². The van der Waals surface area contributed by atoms with Gasteiger partial charge in [0.05, 0.1) is 13.0 Å². The molecule has 0 rings (SSSR count). The summed E-state index contributed by atoms with van der Waals surface area (Å²) in [6, 6.07) is 0.788. The van der Waals surface area contributed by atoms with E-state index < -0.39 is 8.80 Å². The summed E-state index contributed by atoms with van der Waals surface area (Å²) in [5, 5.41) is 0. The minimum Gasteiger partial charge on any atom is -0.469 e. The number of thioether (sulfide) groups is 1. The number of ether oxygens (including phenoxy) is 1. The van der Waals surface area contributed by atoms with Crippen LogP contribution in [-0.2, 0) is 22.8 Å². The second-order valence-electron chi connectivity index (χ2n) is 3.90. The molecular formula is C11H24O5SSi. The van der Waals surface area contributed by atoms with Gasteiger partial charge in [0.15, 0.2) is 0 Å². The average Bonchev–Trinajstić information content (AvgIpc) is 2.42. The maximum atomic E-state index is 11.2. The van der Waals surface area contributed by atoms with Gasteiger partial charge in [0.1, 0.15) is 0 Å². The predicted molar refractivity (Wildman–Crippen MR) is 74.7 cm³/mol. The number of hydrogen-bond donors (Lipinski definition) is 0. The number of esters is 1. The summed E-state index contributed by atoms with van der Waals surface area (Å²) >= 11 is 1.73. The zero-order valence-corrected chi connectivity index (χ0v) is 13.7. The zero-order valence-electron chi connectivity index (χ0n) is 11.9. The lowest BCUT2D eigenvalue weighted by Crippen LogP contribution is -2.42. The molecule has 0 saturated carbocycles. The number of carbonyl (C=O) groups is 1. The van der Waals surface area contributed by atoms with E-state index in [0.29, 0.717) is 0 Å². The number of carbonyl (C=O) groups excluding carboxylic acids is 1. The molecule has 0 amide bonds. The predicted octanol–water partition coefficient (Wildman–Crippen LogP) is 1.80. The number of rotatable bonds is 10. The minimum absolute atomic E-state index is 0.0609. The summed E-state index contributed by atoms with van der Waals surface area (Å²) in [5.74, 6) is 1.51. The molecule has 7 heteroatoms. The van der Waals surface area contributed by atoms with Gasteiger partial charge < -0.3 is 18.0 Å². The zero-order chi connectivity index (χ0) is 14.0. The third-order valence-electron chi connectivity index (χ3n) is 2.68. The van der Waals surface area contributed by atoms with Crippen LogP contribution in [0.1, 0.15) is 13.3 Å². The van der Waals surface area contributed by atoms with Gasteiger partial charge in [-0.05, 0) is 12.2 Å². The molecule has 0 fully saturated rings. The van der Waals surface area contributed by atoms with Crippen LogP contribution in [0.4, 0.5) is 0 Å². The molecule has 0 aliphatic carbocycles. The Morgan fingerprint density at radius 1 is 1.17 bits per heavy atom. The normalized spacial score (nSPS) is 13.4. The fourth-order valence-electron chi connectivity index (χ4n) is 1.48. The molecule has 0 saturated heterocycles. The van der Waals surface area contributed by atoms with Crippen LogP contribution in [0, 0.1) is 5.92 Å². The van der Waals surface area contributed by atoms with E-state index in [0.717, 1.165) is 24.0 Å². The molecule has 5 nitrogen and oxygen atoms in total. The second-order valence-corrected chi connectivity index (χ2v) is 8.14. The number of hydrogen-bond acceptors (Lipinski definition) is 6. The Bertz CT molecular complexity index is 227. The Kier molecular flexibility index (Phi) is 9.75. The molecule has 0 aliphatic rings. The molecule has 0 aliphatic heterocycles. The molecule has 0 bridgehead atoms. The van der Waals surface area contributed by atoms with Gasteiger partial charge in [-0.25, -0.2) is 0 Å². The maximum absolute atomic E-state index is 11.2. The summed E-state index contributed by atoms with van der Waals surface area (Å²) < 4.78 is 20.7. The van der Waals surface area contributed by atoms with Crippen LogP contribution in [0.25, 0.3) is 0 Å². The van der Waals surface area contributed by atoms with Gasteiger partial charge in [-0.2, -0.15) is 11.8 Å². The van der Waals surface area contributed by atoms with Crippen LogP contribution in [0.15, 0.2) is 0 Å². The largest absolute Gasteiger partial charge is 0.500 e. The molecule has 0 aromatic rings. The van der Waals surface area contributed by atoms with Crippen molar-refractivity contribution in [1.29, 1.82) is 0 Å². The van der Waals surface area contributed by atoms with E-state index in [1.165, 1.54) is 7.11 Å². The molecule has 1 atom stereocenters. The Labute approximate surface area is 115 Å². The molecular weight excluding hydrogens is 272 g/mol. The summed E-state index contributed by atoms with van der Waals surface area (Å²) in [6.07, 6.45) is 0.945. The van der Waals surface area contributed by atoms with Crippen molar-refractivity contribution < 1.29 is 22.8 Å². The highest BCUT2D eigenvalue weighted by atomic mass is 32.2. The van der Waals surface area contributed by atoms with Gasteiger partial charge in [0.25, 0.3) is 0 Å². The van der Waals surface area contributed by atoms with Crippen molar-refractivity contribution in [2.75, 3.05) is 39.9 Å². The average molecular weight is 296 g/mol. The van der Waals surface area contributed by atoms with Crippen molar-refractivity contribution in [1.82, 2.24) is 0 Å². The van der Waals surface area contributed by atoms with E-state index in [2.05, 4.69) is 4.74 Å². The van der Waals surface area contributed by atoms with E-state index >= 15 is 0 Å². The molecule has 1 unspecified atom stereocenters. The Balaban J connectivity index is 3.76. The van der Waals surface area contributed by atoms with E-state index in [1.54, 1.807) is 33.1 Å². The van der Waals surface area contributed by atoms with Crippen LogP contribution in [0.2, 0.25) is 6.04 Å². The Morgan fingerprint density at radius 3 is 2.17 bits per heavy atom. The van der Waals surface area contributed by atoms with Gasteiger partial charge in [0, 0.05) is 33.1 Å². The smallest absolute Gasteiger partial charge is 0.469 e. The highest BCUT2D eigenvalue weighted by molar-refractivity contribution is 7.99. The molecule has 0 heterocycles. The lowest BCUT2D eigenvalue weighted by Gasteiger charge is -2.24. The second kappa shape index (κ2) is 9.80. The molecule has 0 aromatic heterocycles.